The number of ketones is 1. The number of pyridine rings is 1. The Labute approximate surface area is 133 Å². The molecule has 4 nitrogen and oxygen atoms in total. The minimum atomic E-state index is -0.154. The molecule has 110 valence electrons. The number of carbonyl (C=O) groups excluding carboxylic acids is 1. The lowest BCUT2D eigenvalue weighted by Gasteiger charge is -2.13. The summed E-state index contributed by atoms with van der Waals surface area (Å²) in [7, 11) is 0. The molecule has 0 amide bonds. The first-order valence-electron chi connectivity index (χ1n) is 6.58. The molecule has 0 radical (unpaired) electrons. The molecule has 5 heteroatoms. The number of Topliss-reactive ketones (excluding diaryl/α,β-unsaturated/α-hetero) is 1. The third-order valence-electron chi connectivity index (χ3n) is 3.09. The first-order valence-corrected chi connectivity index (χ1v) is 7.56. The van der Waals surface area contributed by atoms with Crippen LogP contribution in [0.25, 0.3) is 11.3 Å². The van der Waals surface area contributed by atoms with Crippen LogP contribution >= 0.6 is 11.8 Å². The molecule has 0 saturated heterocycles. The first-order chi connectivity index (χ1) is 10.5. The van der Waals surface area contributed by atoms with Crippen LogP contribution < -0.4 is 0 Å². The maximum atomic E-state index is 12.0. The molecule has 0 unspecified atom stereocenters. The van der Waals surface area contributed by atoms with Gasteiger partial charge in [-0.2, -0.15) is 5.26 Å². The van der Waals surface area contributed by atoms with E-state index in [4.69, 9.17) is 10.8 Å². The number of rotatable bonds is 4. The Bertz CT molecular complexity index is 822. The van der Waals surface area contributed by atoms with Crippen molar-refractivity contribution in [3.8, 4) is 29.7 Å². The predicted octanol–water partition coefficient (Wildman–Crippen LogP) is 3.76. The third-order valence-corrected chi connectivity index (χ3v) is 3.97. The van der Waals surface area contributed by atoms with Crippen molar-refractivity contribution < 1.29 is 9.21 Å². The van der Waals surface area contributed by atoms with Gasteiger partial charge in [0, 0.05) is 0 Å². The Kier molecular flexibility index (Phi) is 4.70. The summed E-state index contributed by atoms with van der Waals surface area (Å²) in [6.45, 7) is 5.01. The van der Waals surface area contributed by atoms with Crippen LogP contribution in [0.5, 0.6) is 0 Å². The summed E-state index contributed by atoms with van der Waals surface area (Å²) in [5.74, 6) is 3.96. The molecule has 0 N–H and O–H groups in total. The summed E-state index contributed by atoms with van der Waals surface area (Å²) in [4.78, 5) is 16.4. The Morgan fingerprint density at radius 2 is 2.18 bits per heavy atom. The number of furan rings is 1. The molecule has 0 saturated carbocycles. The molecule has 2 rings (SSSR count). The van der Waals surface area contributed by atoms with Crippen molar-refractivity contribution in [1.82, 2.24) is 4.98 Å². The molecule has 0 aromatic carbocycles. The van der Waals surface area contributed by atoms with E-state index < -0.39 is 0 Å². The van der Waals surface area contributed by atoms with E-state index in [-0.39, 0.29) is 5.78 Å². The second kappa shape index (κ2) is 6.51. The number of aryl methyl sites for hydroxylation is 2. The fourth-order valence-corrected chi connectivity index (χ4v) is 2.95. The van der Waals surface area contributed by atoms with Gasteiger partial charge in [-0.1, -0.05) is 17.7 Å². The highest BCUT2D eigenvalue weighted by Crippen LogP contribution is 2.35. The van der Waals surface area contributed by atoms with Gasteiger partial charge >= 0.3 is 0 Å². The van der Waals surface area contributed by atoms with Crippen molar-refractivity contribution in [2.45, 2.75) is 25.8 Å². The van der Waals surface area contributed by atoms with E-state index >= 15 is 0 Å². The summed E-state index contributed by atoms with van der Waals surface area (Å²) in [5.41, 5.74) is 1.80. The summed E-state index contributed by atoms with van der Waals surface area (Å²) in [6.07, 6.45) is 5.28. The highest BCUT2D eigenvalue weighted by atomic mass is 32.2. The number of thioether (sulfide) groups is 1. The molecular weight excluding hydrogens is 296 g/mol. The van der Waals surface area contributed by atoms with Gasteiger partial charge in [0.05, 0.1) is 28.1 Å². The van der Waals surface area contributed by atoms with Gasteiger partial charge in [0.15, 0.2) is 5.78 Å². The lowest BCUT2D eigenvalue weighted by atomic mass is 9.97. The average Bonchev–Trinajstić information content (AvgIpc) is 2.90. The third kappa shape index (κ3) is 2.90. The lowest BCUT2D eigenvalue weighted by Crippen LogP contribution is -2.06. The second-order valence-electron chi connectivity index (χ2n) is 4.70. The van der Waals surface area contributed by atoms with Gasteiger partial charge in [-0.3, -0.25) is 4.79 Å². The quantitative estimate of drug-likeness (QED) is 0.488. The summed E-state index contributed by atoms with van der Waals surface area (Å²) < 4.78 is 5.64. The van der Waals surface area contributed by atoms with Crippen molar-refractivity contribution >= 4 is 17.5 Å². The number of terminal acetylenes is 1. The standard InChI is InChI=1S/C17H14N2O2S/c1-5-8-22-17-13(9-18)16(14-7-6-10(2)21-14)15(12(4)20)11(3)19-17/h1,6-7H,8H2,2-4H3. The van der Waals surface area contributed by atoms with Crippen molar-refractivity contribution in [1.29, 1.82) is 5.26 Å². The fourth-order valence-electron chi connectivity index (χ4n) is 2.24. The van der Waals surface area contributed by atoms with Crippen molar-refractivity contribution in [3.63, 3.8) is 0 Å². The number of aromatic nitrogens is 1. The number of carbonyl (C=O) groups is 1. The number of hydrogen-bond donors (Lipinski definition) is 0. The van der Waals surface area contributed by atoms with Crippen LogP contribution in [0.1, 0.15) is 34.3 Å². The first kappa shape index (κ1) is 15.9. The number of nitrogens with zero attached hydrogens (tertiary/aromatic N) is 2. The van der Waals surface area contributed by atoms with Crippen molar-refractivity contribution in [2.24, 2.45) is 0 Å². The summed E-state index contributed by atoms with van der Waals surface area (Å²) in [5, 5.41) is 10.1. The molecule has 0 aliphatic rings. The molecule has 2 aromatic heterocycles. The topological polar surface area (TPSA) is 66.9 Å². The van der Waals surface area contributed by atoms with Crippen LogP contribution in [-0.4, -0.2) is 16.5 Å². The van der Waals surface area contributed by atoms with Crippen molar-refractivity contribution in [2.75, 3.05) is 5.75 Å². The minimum absolute atomic E-state index is 0.154. The van der Waals surface area contributed by atoms with Crippen LogP contribution in [0.3, 0.4) is 0 Å². The molecule has 0 aliphatic carbocycles. The molecule has 22 heavy (non-hydrogen) atoms. The zero-order chi connectivity index (χ0) is 16.3. The molecular formula is C17H14N2O2S. The summed E-state index contributed by atoms with van der Waals surface area (Å²) in [6, 6.07) is 5.69. The number of nitriles is 1. The van der Waals surface area contributed by atoms with Crippen LogP contribution in [0, 0.1) is 37.5 Å². The van der Waals surface area contributed by atoms with Gasteiger partial charge in [-0.25, -0.2) is 4.98 Å². The van der Waals surface area contributed by atoms with Gasteiger partial charge in [0.2, 0.25) is 0 Å². The maximum Gasteiger partial charge on any atom is 0.162 e. The monoisotopic (exact) mass is 310 g/mol. The van der Waals surface area contributed by atoms with E-state index in [1.807, 2.05) is 6.92 Å². The van der Waals surface area contributed by atoms with Gasteiger partial charge in [0.1, 0.15) is 22.6 Å². The Morgan fingerprint density at radius 3 is 2.68 bits per heavy atom. The smallest absolute Gasteiger partial charge is 0.162 e. The highest BCUT2D eigenvalue weighted by molar-refractivity contribution is 7.99. The van der Waals surface area contributed by atoms with Crippen molar-refractivity contribution in [3.05, 3.63) is 34.7 Å². The Hall–Kier alpha value is -2.50. The van der Waals surface area contributed by atoms with Gasteiger partial charge in [0.25, 0.3) is 0 Å². The van der Waals surface area contributed by atoms with Crippen LogP contribution in [-0.2, 0) is 0 Å². The van der Waals surface area contributed by atoms with E-state index in [1.54, 1.807) is 19.1 Å². The van der Waals surface area contributed by atoms with Crippen LogP contribution in [0.4, 0.5) is 0 Å². The average molecular weight is 310 g/mol. The molecule has 0 fully saturated rings. The number of hydrogen-bond acceptors (Lipinski definition) is 5. The zero-order valence-corrected chi connectivity index (χ0v) is 13.4. The predicted molar refractivity (Wildman–Crippen MR) is 85.7 cm³/mol. The van der Waals surface area contributed by atoms with Crippen LogP contribution in [0.2, 0.25) is 0 Å². The van der Waals surface area contributed by atoms with E-state index in [0.29, 0.717) is 44.7 Å². The SMILES string of the molecule is C#CCSc1nc(C)c(C(C)=O)c(-c2ccc(C)o2)c1C#N. The molecule has 0 bridgehead atoms. The Morgan fingerprint density at radius 1 is 1.45 bits per heavy atom. The van der Waals surface area contributed by atoms with E-state index in [1.165, 1.54) is 18.7 Å². The molecule has 0 atom stereocenters. The summed E-state index contributed by atoms with van der Waals surface area (Å²) >= 11 is 1.30. The van der Waals surface area contributed by atoms with Crippen LogP contribution in [0.15, 0.2) is 21.6 Å². The Balaban J connectivity index is 2.81. The molecule has 0 spiro atoms. The highest BCUT2D eigenvalue weighted by Gasteiger charge is 2.23. The van der Waals surface area contributed by atoms with E-state index in [0.717, 1.165) is 0 Å². The largest absolute Gasteiger partial charge is 0.461 e. The van der Waals surface area contributed by atoms with E-state index in [2.05, 4.69) is 17.0 Å². The second-order valence-corrected chi connectivity index (χ2v) is 5.66. The minimum Gasteiger partial charge on any atom is -0.461 e. The van der Waals surface area contributed by atoms with Gasteiger partial charge < -0.3 is 4.42 Å². The fraction of sp³-hybridized carbons (Fsp3) is 0.235. The molecule has 0 aliphatic heterocycles. The lowest BCUT2D eigenvalue weighted by molar-refractivity contribution is 0.101. The zero-order valence-electron chi connectivity index (χ0n) is 12.6. The normalized spacial score (nSPS) is 10.0. The van der Waals surface area contributed by atoms with Gasteiger partial charge in [-0.05, 0) is 32.9 Å². The molecule has 2 heterocycles. The van der Waals surface area contributed by atoms with E-state index in [9.17, 15) is 10.1 Å². The maximum absolute atomic E-state index is 12.0. The molecule has 2 aromatic rings. The van der Waals surface area contributed by atoms with Gasteiger partial charge in [-0.15, -0.1) is 6.42 Å².